The number of carboxylic acids is 1. The van der Waals surface area contributed by atoms with Crippen LogP contribution in [0.5, 0.6) is 0 Å². The molecule has 0 saturated carbocycles. The summed E-state index contributed by atoms with van der Waals surface area (Å²) in [6, 6.07) is 15.9. The highest BCUT2D eigenvalue weighted by Crippen LogP contribution is 2.44. The highest BCUT2D eigenvalue weighted by atomic mass is 35.5. The van der Waals surface area contributed by atoms with E-state index < -0.39 is 24.0 Å². The third-order valence-electron chi connectivity index (χ3n) is 5.93. The smallest absolute Gasteiger partial charge is 0.413 e. The zero-order valence-corrected chi connectivity index (χ0v) is 22.6. The van der Waals surface area contributed by atoms with E-state index in [-0.39, 0.29) is 17.0 Å². The average Bonchev–Trinajstić information content (AvgIpc) is 3.55. The Balaban J connectivity index is 1.37. The number of nitrogens with zero attached hydrogens (tertiary/aromatic N) is 2. The fraction of sp³-hybridized carbons (Fsp3) is 0.148. The molecule has 7 nitrogen and oxygen atoms in total. The van der Waals surface area contributed by atoms with Crippen molar-refractivity contribution in [2.75, 3.05) is 5.32 Å². The lowest BCUT2D eigenvalue weighted by atomic mass is 10.1. The summed E-state index contributed by atoms with van der Waals surface area (Å²) in [6.07, 6.45) is 0.308. The summed E-state index contributed by atoms with van der Waals surface area (Å²) in [6.45, 7) is 1.81. The topological polar surface area (TPSA) is 93.4 Å². The van der Waals surface area contributed by atoms with Gasteiger partial charge in [0.2, 0.25) is 0 Å². The first-order chi connectivity index (χ1) is 18.2. The quantitative estimate of drug-likeness (QED) is 0.209. The van der Waals surface area contributed by atoms with E-state index in [0.29, 0.717) is 16.3 Å². The summed E-state index contributed by atoms with van der Waals surface area (Å²) in [4.78, 5) is 25.2. The zero-order chi connectivity index (χ0) is 27.0. The number of benzene rings is 2. The monoisotopic (exact) mass is 569 g/mol. The summed E-state index contributed by atoms with van der Waals surface area (Å²) in [7, 11) is 1.73. The molecule has 0 aliphatic heterocycles. The Morgan fingerprint density at radius 2 is 1.76 bits per heavy atom. The second-order valence-corrected chi connectivity index (χ2v) is 11.1. The molecule has 2 N–H and O–H groups in total. The number of carboxylic acid groups (broad SMARTS) is 1. The molecule has 0 aliphatic rings. The van der Waals surface area contributed by atoms with Crippen LogP contribution in [0.15, 0.2) is 60.8 Å². The Morgan fingerprint density at radius 1 is 1.11 bits per heavy atom. The predicted octanol–water partition coefficient (Wildman–Crippen LogP) is 7.76. The number of hydrogen-bond acceptors (Lipinski definition) is 6. The Kier molecular flexibility index (Phi) is 7.20. The molecular weight excluding hydrogens is 549 g/mol. The number of rotatable bonds is 7. The lowest BCUT2D eigenvalue weighted by molar-refractivity contribution is -0.136. The normalized spacial score (nSPS) is 12.0. The third kappa shape index (κ3) is 5.28. The fourth-order valence-electron chi connectivity index (χ4n) is 4.02. The molecule has 194 valence electrons. The molecule has 2 aromatic carbocycles. The van der Waals surface area contributed by atoms with Crippen LogP contribution in [0.3, 0.4) is 0 Å². The van der Waals surface area contributed by atoms with Crippen LogP contribution in [0, 0.1) is 5.82 Å². The molecule has 0 unspecified atom stereocenters. The molecule has 3 heterocycles. The maximum Gasteiger partial charge on any atom is 0.413 e. The van der Waals surface area contributed by atoms with Crippen LogP contribution in [0.4, 0.5) is 15.0 Å². The molecule has 0 radical (unpaired) electrons. The first-order valence-electron chi connectivity index (χ1n) is 11.5. The second-order valence-electron chi connectivity index (χ2n) is 8.56. The minimum atomic E-state index is -1.08. The summed E-state index contributed by atoms with van der Waals surface area (Å²) >= 11 is 9.11. The van der Waals surface area contributed by atoms with Crippen molar-refractivity contribution in [3.63, 3.8) is 0 Å². The van der Waals surface area contributed by atoms with E-state index in [1.54, 1.807) is 24.9 Å². The molecule has 0 saturated heterocycles. The second kappa shape index (κ2) is 10.6. The van der Waals surface area contributed by atoms with Gasteiger partial charge in [0, 0.05) is 36.8 Å². The third-order valence-corrected chi connectivity index (χ3v) is 8.64. The zero-order valence-electron chi connectivity index (χ0n) is 20.2. The number of aromatic nitrogens is 2. The van der Waals surface area contributed by atoms with E-state index in [1.807, 2.05) is 42.5 Å². The van der Waals surface area contributed by atoms with Crippen molar-refractivity contribution in [2.45, 2.75) is 19.4 Å². The van der Waals surface area contributed by atoms with E-state index in [9.17, 15) is 14.0 Å². The van der Waals surface area contributed by atoms with Gasteiger partial charge in [-0.3, -0.25) is 14.8 Å². The molecule has 0 bridgehead atoms. The molecule has 11 heteroatoms. The maximum absolute atomic E-state index is 14.8. The predicted molar refractivity (Wildman–Crippen MR) is 149 cm³/mol. The lowest BCUT2D eigenvalue weighted by Gasteiger charge is -2.14. The van der Waals surface area contributed by atoms with Gasteiger partial charge in [-0.05, 0) is 42.3 Å². The molecule has 0 aliphatic carbocycles. The summed E-state index contributed by atoms with van der Waals surface area (Å²) in [5, 5.41) is 16.3. The molecule has 1 atom stereocenters. The number of carbonyl (C=O) groups excluding carboxylic acids is 1. The van der Waals surface area contributed by atoms with Gasteiger partial charge < -0.3 is 9.84 Å². The molecular formula is C27H21ClFN3O4S2. The molecule has 0 spiro atoms. The van der Waals surface area contributed by atoms with Gasteiger partial charge in [0.15, 0.2) is 0 Å². The fourth-order valence-corrected chi connectivity index (χ4v) is 6.68. The van der Waals surface area contributed by atoms with Crippen LogP contribution in [-0.4, -0.2) is 26.9 Å². The number of ether oxygens (including phenoxy) is 1. The molecule has 1 amide bonds. The van der Waals surface area contributed by atoms with Crippen molar-refractivity contribution < 1.29 is 23.8 Å². The number of fused-ring (bicyclic) bond motifs is 1. The SMILES string of the molecule is C[C@@H](OC(=O)Nc1c(-c2cc3sc(-c4cc(Cl)c(CC(=O)O)cc4F)cc3s2)cnn1C)c1ccccc1. The van der Waals surface area contributed by atoms with E-state index in [4.69, 9.17) is 21.4 Å². The molecule has 3 aromatic heterocycles. The number of hydrogen-bond donors (Lipinski definition) is 2. The lowest BCUT2D eigenvalue weighted by Crippen LogP contribution is -2.18. The Labute approximate surface area is 230 Å². The number of amides is 1. The van der Waals surface area contributed by atoms with Crippen molar-refractivity contribution in [3.8, 4) is 20.9 Å². The minimum absolute atomic E-state index is 0.209. The highest BCUT2D eigenvalue weighted by Gasteiger charge is 2.20. The van der Waals surface area contributed by atoms with Crippen LogP contribution in [0.1, 0.15) is 24.2 Å². The van der Waals surface area contributed by atoms with Gasteiger partial charge in [0.1, 0.15) is 17.7 Å². The van der Waals surface area contributed by atoms with Gasteiger partial charge in [-0.15, -0.1) is 22.7 Å². The van der Waals surface area contributed by atoms with Crippen LogP contribution in [0.25, 0.3) is 30.3 Å². The van der Waals surface area contributed by atoms with Gasteiger partial charge in [-0.25, -0.2) is 9.18 Å². The molecule has 5 aromatic rings. The highest BCUT2D eigenvalue weighted by molar-refractivity contribution is 7.31. The maximum atomic E-state index is 14.8. The number of halogens is 2. The molecule has 0 fully saturated rings. The largest absolute Gasteiger partial charge is 0.481 e. The van der Waals surface area contributed by atoms with Gasteiger partial charge in [0.25, 0.3) is 0 Å². The number of carbonyl (C=O) groups is 2. The Morgan fingerprint density at radius 3 is 2.42 bits per heavy atom. The Hall–Kier alpha value is -3.73. The van der Waals surface area contributed by atoms with Crippen molar-refractivity contribution in [1.29, 1.82) is 0 Å². The van der Waals surface area contributed by atoms with Crippen molar-refractivity contribution in [2.24, 2.45) is 7.05 Å². The van der Waals surface area contributed by atoms with Gasteiger partial charge >= 0.3 is 12.1 Å². The molecule has 5 rings (SSSR count). The van der Waals surface area contributed by atoms with Crippen molar-refractivity contribution in [1.82, 2.24) is 9.78 Å². The van der Waals surface area contributed by atoms with Crippen molar-refractivity contribution in [3.05, 3.63) is 82.8 Å². The number of anilines is 1. The number of nitrogens with one attached hydrogen (secondary N) is 1. The van der Waals surface area contributed by atoms with Gasteiger partial charge in [-0.1, -0.05) is 41.9 Å². The van der Waals surface area contributed by atoms with E-state index >= 15 is 0 Å². The van der Waals surface area contributed by atoms with E-state index in [1.165, 1.54) is 34.8 Å². The number of aryl methyl sites for hydroxylation is 1. The first-order valence-corrected chi connectivity index (χ1v) is 13.5. The van der Waals surface area contributed by atoms with Gasteiger partial charge in [0.05, 0.1) is 18.2 Å². The van der Waals surface area contributed by atoms with E-state index in [2.05, 4.69) is 10.4 Å². The van der Waals surface area contributed by atoms with E-state index in [0.717, 1.165) is 25.4 Å². The minimum Gasteiger partial charge on any atom is -0.481 e. The van der Waals surface area contributed by atoms with Crippen molar-refractivity contribution >= 4 is 61.6 Å². The van der Waals surface area contributed by atoms with Gasteiger partial charge in [-0.2, -0.15) is 5.10 Å². The Bertz CT molecular complexity index is 1630. The van der Waals surface area contributed by atoms with Crippen LogP contribution >= 0.6 is 34.3 Å². The van der Waals surface area contributed by atoms with Crippen LogP contribution in [0.2, 0.25) is 5.02 Å². The summed E-state index contributed by atoms with van der Waals surface area (Å²) < 4.78 is 23.8. The first kappa shape index (κ1) is 25.9. The number of aliphatic carboxylic acids is 1. The summed E-state index contributed by atoms with van der Waals surface area (Å²) in [5.74, 6) is -1.11. The van der Waals surface area contributed by atoms with Crippen LogP contribution < -0.4 is 5.32 Å². The number of thiophene rings is 2. The standard InChI is InChI=1S/C27H21ClFN3O4S2/c1-14(15-6-4-3-5-7-15)36-27(35)31-26-18(13-30-32(26)2)22-12-24-23(38-22)11-21(37-24)17-10-19(28)16(8-20(17)29)9-25(33)34/h3-8,10-14H,9H2,1-2H3,(H,31,35)(H,33,34)/t14-/m1/s1. The van der Waals surface area contributed by atoms with Crippen LogP contribution in [-0.2, 0) is 23.0 Å². The average molecular weight is 570 g/mol. The summed E-state index contributed by atoms with van der Waals surface area (Å²) in [5.41, 5.74) is 2.17. The molecule has 38 heavy (non-hydrogen) atoms.